The van der Waals surface area contributed by atoms with Crippen LogP contribution in [0.2, 0.25) is 0 Å². The number of carbonyl (C=O) groups excluding carboxylic acids is 1. The van der Waals surface area contributed by atoms with Crippen LogP contribution in [0.5, 0.6) is 0 Å². The van der Waals surface area contributed by atoms with Gasteiger partial charge in [0, 0.05) is 36.5 Å². The second-order valence-corrected chi connectivity index (χ2v) is 7.26. The Morgan fingerprint density at radius 1 is 1.11 bits per heavy atom. The maximum absolute atomic E-state index is 10.8. The molecule has 3 heterocycles. The number of aromatic nitrogens is 4. The molecule has 2 fully saturated rings. The fourth-order valence-corrected chi connectivity index (χ4v) is 3.78. The standard InChI is InChI=1S/C20H21N5O2/c26-13-14-7-17(8-14)25-12-15(10-22-25)20-11-21-19-9-16(1-2-18(19)23-20)24-3-5-27-6-4-24/h1-2,9-14,17H,3-8H2. The SMILES string of the molecule is O=CC1CC(n2cc(-c3cnc4cc(N5CCOCC5)ccc4n3)cn2)C1. The number of anilines is 1. The molecule has 2 aromatic heterocycles. The van der Waals surface area contributed by atoms with Gasteiger partial charge < -0.3 is 14.4 Å². The third-order valence-electron chi connectivity index (χ3n) is 5.52. The fraction of sp³-hybridized carbons (Fsp3) is 0.400. The number of nitrogens with zero attached hydrogens (tertiary/aromatic N) is 5. The number of benzene rings is 1. The molecule has 138 valence electrons. The fourth-order valence-electron chi connectivity index (χ4n) is 3.78. The summed E-state index contributed by atoms with van der Waals surface area (Å²) in [6.07, 6.45) is 8.43. The molecule has 0 spiro atoms. The lowest BCUT2D eigenvalue weighted by atomic mass is 9.81. The Morgan fingerprint density at radius 3 is 2.78 bits per heavy atom. The van der Waals surface area contributed by atoms with Crippen LogP contribution in [0.3, 0.4) is 0 Å². The van der Waals surface area contributed by atoms with Crippen molar-refractivity contribution in [2.24, 2.45) is 5.92 Å². The molecule has 7 nitrogen and oxygen atoms in total. The van der Waals surface area contributed by atoms with Crippen molar-refractivity contribution in [1.82, 2.24) is 19.7 Å². The van der Waals surface area contributed by atoms with Crippen molar-refractivity contribution in [3.63, 3.8) is 0 Å². The van der Waals surface area contributed by atoms with E-state index in [1.807, 2.05) is 29.3 Å². The Morgan fingerprint density at radius 2 is 1.96 bits per heavy atom. The van der Waals surface area contributed by atoms with Crippen molar-refractivity contribution < 1.29 is 9.53 Å². The van der Waals surface area contributed by atoms with E-state index >= 15 is 0 Å². The lowest BCUT2D eigenvalue weighted by Gasteiger charge is -2.31. The van der Waals surface area contributed by atoms with Crippen LogP contribution < -0.4 is 4.90 Å². The summed E-state index contributed by atoms with van der Waals surface area (Å²) < 4.78 is 7.37. The van der Waals surface area contributed by atoms with Gasteiger partial charge in [0.25, 0.3) is 0 Å². The Labute approximate surface area is 157 Å². The number of rotatable bonds is 4. The van der Waals surface area contributed by atoms with E-state index in [4.69, 9.17) is 9.72 Å². The molecule has 1 saturated carbocycles. The van der Waals surface area contributed by atoms with Gasteiger partial charge in [0.1, 0.15) is 6.29 Å². The van der Waals surface area contributed by atoms with Gasteiger partial charge in [0.15, 0.2) is 0 Å². The quantitative estimate of drug-likeness (QED) is 0.663. The number of hydrogen-bond donors (Lipinski definition) is 0. The summed E-state index contributed by atoms with van der Waals surface area (Å²) in [5.41, 5.74) is 4.70. The van der Waals surface area contributed by atoms with E-state index in [0.29, 0.717) is 6.04 Å². The van der Waals surface area contributed by atoms with Crippen LogP contribution in [0.25, 0.3) is 22.3 Å². The first-order valence-electron chi connectivity index (χ1n) is 9.39. The molecule has 0 atom stereocenters. The minimum absolute atomic E-state index is 0.184. The van der Waals surface area contributed by atoms with E-state index in [1.54, 1.807) is 0 Å². The Kier molecular flexibility index (Phi) is 4.09. The summed E-state index contributed by atoms with van der Waals surface area (Å²) in [6, 6.07) is 6.54. The van der Waals surface area contributed by atoms with Crippen LogP contribution in [0.4, 0.5) is 5.69 Å². The van der Waals surface area contributed by atoms with Gasteiger partial charge in [0.2, 0.25) is 0 Å². The first-order valence-corrected chi connectivity index (χ1v) is 9.39. The Hall–Kier alpha value is -2.80. The second-order valence-electron chi connectivity index (χ2n) is 7.26. The van der Waals surface area contributed by atoms with Gasteiger partial charge in [-0.3, -0.25) is 9.67 Å². The van der Waals surface area contributed by atoms with Crippen molar-refractivity contribution in [1.29, 1.82) is 0 Å². The third-order valence-corrected chi connectivity index (χ3v) is 5.52. The molecular weight excluding hydrogens is 342 g/mol. The van der Waals surface area contributed by atoms with Gasteiger partial charge in [-0.15, -0.1) is 0 Å². The van der Waals surface area contributed by atoms with E-state index in [2.05, 4.69) is 27.1 Å². The Bertz CT molecular complexity index is 973. The minimum atomic E-state index is 0.184. The molecule has 0 amide bonds. The number of morpholine rings is 1. The lowest BCUT2D eigenvalue weighted by molar-refractivity contribution is -0.114. The highest BCUT2D eigenvalue weighted by Crippen LogP contribution is 2.36. The van der Waals surface area contributed by atoms with E-state index in [0.717, 1.165) is 73.4 Å². The van der Waals surface area contributed by atoms with Crippen LogP contribution in [0.15, 0.2) is 36.8 Å². The molecule has 0 unspecified atom stereocenters. The maximum atomic E-state index is 10.8. The molecule has 1 saturated heterocycles. The Balaban J connectivity index is 1.38. The highest BCUT2D eigenvalue weighted by molar-refractivity contribution is 5.80. The molecule has 5 rings (SSSR count). The number of fused-ring (bicyclic) bond motifs is 1. The van der Waals surface area contributed by atoms with Crippen molar-refractivity contribution in [3.8, 4) is 11.3 Å². The number of ether oxygens (including phenoxy) is 1. The van der Waals surface area contributed by atoms with E-state index in [9.17, 15) is 4.79 Å². The number of hydrogen-bond acceptors (Lipinski definition) is 6. The summed E-state index contributed by atoms with van der Waals surface area (Å²) in [6.45, 7) is 3.34. The monoisotopic (exact) mass is 363 g/mol. The van der Waals surface area contributed by atoms with Crippen LogP contribution in [-0.2, 0) is 9.53 Å². The number of aldehydes is 1. The average Bonchev–Trinajstić information content (AvgIpc) is 3.17. The van der Waals surface area contributed by atoms with Gasteiger partial charge in [0.05, 0.1) is 48.4 Å². The molecule has 3 aromatic rings. The zero-order valence-corrected chi connectivity index (χ0v) is 15.0. The van der Waals surface area contributed by atoms with Crippen molar-refractivity contribution in [3.05, 3.63) is 36.8 Å². The predicted molar refractivity (Wildman–Crippen MR) is 102 cm³/mol. The molecule has 27 heavy (non-hydrogen) atoms. The zero-order valence-electron chi connectivity index (χ0n) is 15.0. The summed E-state index contributed by atoms with van der Waals surface area (Å²) in [4.78, 5) is 22.5. The maximum Gasteiger partial charge on any atom is 0.123 e. The van der Waals surface area contributed by atoms with Gasteiger partial charge in [-0.2, -0.15) is 5.10 Å². The summed E-state index contributed by atoms with van der Waals surface area (Å²) in [5.74, 6) is 0.184. The second kappa shape index (κ2) is 6.74. The first-order chi connectivity index (χ1) is 13.3. The van der Waals surface area contributed by atoms with Crippen molar-refractivity contribution in [2.45, 2.75) is 18.9 Å². The largest absolute Gasteiger partial charge is 0.378 e. The third kappa shape index (κ3) is 3.08. The molecule has 0 bridgehead atoms. The first kappa shape index (κ1) is 16.4. The summed E-state index contributed by atoms with van der Waals surface area (Å²) >= 11 is 0. The molecule has 2 aliphatic rings. The topological polar surface area (TPSA) is 73.1 Å². The molecule has 7 heteroatoms. The molecule has 0 N–H and O–H groups in total. The molecule has 1 aromatic carbocycles. The molecular formula is C20H21N5O2. The van der Waals surface area contributed by atoms with Crippen LogP contribution >= 0.6 is 0 Å². The van der Waals surface area contributed by atoms with Gasteiger partial charge in [-0.25, -0.2) is 4.98 Å². The smallest absolute Gasteiger partial charge is 0.123 e. The van der Waals surface area contributed by atoms with Crippen LogP contribution in [0.1, 0.15) is 18.9 Å². The van der Waals surface area contributed by atoms with Crippen molar-refractivity contribution >= 4 is 23.0 Å². The minimum Gasteiger partial charge on any atom is -0.378 e. The molecule has 1 aliphatic carbocycles. The summed E-state index contributed by atoms with van der Waals surface area (Å²) in [5, 5.41) is 4.45. The van der Waals surface area contributed by atoms with E-state index in [-0.39, 0.29) is 5.92 Å². The van der Waals surface area contributed by atoms with Gasteiger partial charge in [-0.05, 0) is 31.0 Å². The van der Waals surface area contributed by atoms with Gasteiger partial charge >= 0.3 is 0 Å². The molecule has 0 radical (unpaired) electrons. The zero-order chi connectivity index (χ0) is 18.2. The molecule has 1 aliphatic heterocycles. The van der Waals surface area contributed by atoms with E-state index in [1.165, 1.54) is 0 Å². The number of carbonyl (C=O) groups is 1. The highest BCUT2D eigenvalue weighted by Gasteiger charge is 2.30. The van der Waals surface area contributed by atoms with Crippen molar-refractivity contribution in [2.75, 3.05) is 31.2 Å². The summed E-state index contributed by atoms with van der Waals surface area (Å²) in [7, 11) is 0. The normalized spacial score (nSPS) is 22.6. The van der Waals surface area contributed by atoms with Crippen LogP contribution in [0, 0.1) is 5.92 Å². The average molecular weight is 363 g/mol. The predicted octanol–water partition coefficient (Wildman–Crippen LogP) is 2.48. The van der Waals surface area contributed by atoms with E-state index < -0.39 is 0 Å². The highest BCUT2D eigenvalue weighted by atomic mass is 16.5. The van der Waals surface area contributed by atoms with Gasteiger partial charge in [-0.1, -0.05) is 0 Å². The lowest BCUT2D eigenvalue weighted by Crippen LogP contribution is -2.36. The van der Waals surface area contributed by atoms with Crippen LogP contribution in [-0.4, -0.2) is 52.3 Å².